The third kappa shape index (κ3) is 4.68. The van der Waals surface area contributed by atoms with E-state index < -0.39 is 7.82 Å². The molecule has 0 saturated carbocycles. The molecule has 0 bridgehead atoms. The lowest BCUT2D eigenvalue weighted by Gasteiger charge is -2.20. The second kappa shape index (κ2) is 7.67. The van der Waals surface area contributed by atoms with Gasteiger partial charge in [-0.25, -0.2) is 0 Å². The Morgan fingerprint density at radius 1 is 0.615 bits per heavy atom. The summed E-state index contributed by atoms with van der Waals surface area (Å²) in [6, 6.07) is 21.7. The normalized spacial score (nSPS) is 11.0. The van der Waals surface area contributed by atoms with Gasteiger partial charge in [0, 0.05) is 0 Å². The van der Waals surface area contributed by atoms with Gasteiger partial charge in [-0.2, -0.15) is 4.57 Å². The predicted molar refractivity (Wildman–Crippen MR) is 103 cm³/mol. The number of rotatable bonds is 6. The number of phosphoric ester groups is 1. The maximum absolute atomic E-state index is 13.4. The van der Waals surface area contributed by atoms with Crippen molar-refractivity contribution in [3.05, 3.63) is 89.5 Å². The zero-order valence-corrected chi connectivity index (χ0v) is 15.9. The zero-order valence-electron chi connectivity index (χ0n) is 15.0. The van der Waals surface area contributed by atoms with Crippen molar-refractivity contribution in [1.29, 1.82) is 0 Å². The maximum Gasteiger partial charge on any atom is 0.647 e. The Morgan fingerprint density at radius 2 is 1.08 bits per heavy atom. The third-order valence-electron chi connectivity index (χ3n) is 3.78. The van der Waals surface area contributed by atoms with Crippen LogP contribution in [0.3, 0.4) is 0 Å². The lowest BCUT2D eigenvalue weighted by atomic mass is 10.2. The molecule has 3 aromatic carbocycles. The van der Waals surface area contributed by atoms with Crippen molar-refractivity contribution in [3.63, 3.8) is 0 Å². The molecule has 3 rings (SSSR count). The number of aryl methyl sites for hydroxylation is 3. The van der Waals surface area contributed by atoms with Crippen LogP contribution in [0.2, 0.25) is 0 Å². The minimum Gasteiger partial charge on any atom is -0.386 e. The molecule has 0 radical (unpaired) electrons. The van der Waals surface area contributed by atoms with Gasteiger partial charge in [0.1, 0.15) is 17.2 Å². The Morgan fingerprint density at radius 3 is 1.54 bits per heavy atom. The van der Waals surface area contributed by atoms with E-state index in [1.165, 1.54) is 0 Å². The smallest absolute Gasteiger partial charge is 0.386 e. The molecule has 0 aliphatic rings. The summed E-state index contributed by atoms with van der Waals surface area (Å²) in [5, 5.41) is 0. The number of hydrogen-bond donors (Lipinski definition) is 0. The monoisotopic (exact) mass is 368 g/mol. The summed E-state index contributed by atoms with van der Waals surface area (Å²) in [5.74, 6) is 1.29. The second-order valence-electron chi connectivity index (χ2n) is 6.11. The first kappa shape index (κ1) is 18.1. The van der Waals surface area contributed by atoms with E-state index in [-0.39, 0.29) is 0 Å². The van der Waals surface area contributed by atoms with Crippen molar-refractivity contribution in [1.82, 2.24) is 0 Å². The SMILES string of the molecule is Cc1ccc(OP(=O)(Oc2ccc(C)cc2)Oc2ccccc2C)cc1. The highest BCUT2D eigenvalue weighted by Crippen LogP contribution is 2.50. The molecule has 0 spiro atoms. The number of hydrogen-bond acceptors (Lipinski definition) is 4. The molecule has 0 fully saturated rings. The highest BCUT2D eigenvalue weighted by molar-refractivity contribution is 7.49. The van der Waals surface area contributed by atoms with Crippen LogP contribution >= 0.6 is 7.82 Å². The minimum atomic E-state index is -3.94. The van der Waals surface area contributed by atoms with Gasteiger partial charge in [0.2, 0.25) is 0 Å². The van der Waals surface area contributed by atoms with Crippen molar-refractivity contribution in [3.8, 4) is 17.2 Å². The fourth-order valence-corrected chi connectivity index (χ4v) is 3.61. The Bertz CT molecular complexity index is 866. The second-order valence-corrected chi connectivity index (χ2v) is 7.55. The highest BCUT2D eigenvalue weighted by atomic mass is 31.2. The molecule has 0 saturated heterocycles. The average Bonchev–Trinajstić information content (AvgIpc) is 2.61. The highest BCUT2D eigenvalue weighted by Gasteiger charge is 2.33. The summed E-state index contributed by atoms with van der Waals surface area (Å²) in [6.07, 6.45) is 0. The fraction of sp³-hybridized carbons (Fsp3) is 0.143. The topological polar surface area (TPSA) is 44.8 Å². The van der Waals surface area contributed by atoms with Crippen molar-refractivity contribution >= 4 is 7.82 Å². The van der Waals surface area contributed by atoms with Crippen LogP contribution in [-0.2, 0) is 4.57 Å². The molecule has 0 aliphatic heterocycles. The van der Waals surface area contributed by atoms with Crippen LogP contribution in [-0.4, -0.2) is 0 Å². The summed E-state index contributed by atoms with van der Waals surface area (Å²) in [4.78, 5) is 0. The molecule has 26 heavy (non-hydrogen) atoms. The van der Waals surface area contributed by atoms with Crippen molar-refractivity contribution in [2.24, 2.45) is 0 Å². The van der Waals surface area contributed by atoms with Crippen LogP contribution in [0.15, 0.2) is 72.8 Å². The molecule has 5 heteroatoms. The standard InChI is InChI=1S/C21H21O4P/c1-16-8-12-19(13-9-16)23-26(22,24-20-14-10-17(2)11-15-20)25-21-7-5-4-6-18(21)3/h4-15H,1-3H3. The summed E-state index contributed by atoms with van der Waals surface area (Å²) >= 11 is 0. The van der Waals surface area contributed by atoms with E-state index >= 15 is 0 Å². The molecule has 0 N–H and O–H groups in total. The molecule has 0 aromatic heterocycles. The third-order valence-corrected chi connectivity index (χ3v) is 5.07. The minimum absolute atomic E-state index is 0.416. The first-order chi connectivity index (χ1) is 12.4. The summed E-state index contributed by atoms with van der Waals surface area (Å²) < 4.78 is 30.4. The quantitative estimate of drug-likeness (QED) is 0.482. The first-order valence-electron chi connectivity index (χ1n) is 8.31. The maximum atomic E-state index is 13.4. The van der Waals surface area contributed by atoms with Crippen LogP contribution in [0.1, 0.15) is 16.7 Å². The molecule has 0 amide bonds. The summed E-state index contributed by atoms with van der Waals surface area (Å²) in [5.41, 5.74) is 2.99. The lowest BCUT2D eigenvalue weighted by Crippen LogP contribution is -2.08. The zero-order chi connectivity index (χ0) is 18.6. The summed E-state index contributed by atoms with van der Waals surface area (Å²) in [7, 11) is -3.94. The van der Waals surface area contributed by atoms with Gasteiger partial charge >= 0.3 is 7.82 Å². The van der Waals surface area contributed by atoms with Crippen LogP contribution in [0.5, 0.6) is 17.2 Å². The van der Waals surface area contributed by atoms with Crippen LogP contribution in [0, 0.1) is 20.8 Å². The van der Waals surface area contributed by atoms with Crippen LogP contribution < -0.4 is 13.6 Å². The average molecular weight is 368 g/mol. The van der Waals surface area contributed by atoms with Crippen LogP contribution in [0.25, 0.3) is 0 Å². The van der Waals surface area contributed by atoms with Crippen molar-refractivity contribution in [2.45, 2.75) is 20.8 Å². The van der Waals surface area contributed by atoms with Gasteiger partial charge in [-0.15, -0.1) is 0 Å². The number of benzene rings is 3. The van der Waals surface area contributed by atoms with Gasteiger partial charge in [0.15, 0.2) is 0 Å². The van der Waals surface area contributed by atoms with E-state index in [2.05, 4.69) is 0 Å². The number of phosphoric acid groups is 1. The van der Waals surface area contributed by atoms with Crippen molar-refractivity contribution < 1.29 is 18.1 Å². The van der Waals surface area contributed by atoms with Gasteiger partial charge in [-0.3, -0.25) is 0 Å². The molecular formula is C21H21O4P. The van der Waals surface area contributed by atoms with Gasteiger partial charge in [0.25, 0.3) is 0 Å². The van der Waals surface area contributed by atoms with Crippen LogP contribution in [0.4, 0.5) is 0 Å². The Hall–Kier alpha value is -2.71. The van der Waals surface area contributed by atoms with Gasteiger partial charge in [0.05, 0.1) is 0 Å². The largest absolute Gasteiger partial charge is 0.647 e. The first-order valence-corrected chi connectivity index (χ1v) is 9.77. The van der Waals surface area contributed by atoms with Gasteiger partial charge in [-0.05, 0) is 56.7 Å². The van der Waals surface area contributed by atoms with E-state index in [9.17, 15) is 4.57 Å². The molecule has 0 unspecified atom stereocenters. The Balaban J connectivity index is 1.91. The number of para-hydroxylation sites is 1. The van der Waals surface area contributed by atoms with E-state index in [4.69, 9.17) is 13.6 Å². The molecule has 4 nitrogen and oxygen atoms in total. The van der Waals surface area contributed by atoms with E-state index in [1.807, 2.05) is 63.2 Å². The summed E-state index contributed by atoms with van der Waals surface area (Å²) in [6.45, 7) is 5.81. The van der Waals surface area contributed by atoms with Gasteiger partial charge in [-0.1, -0.05) is 53.6 Å². The lowest BCUT2D eigenvalue weighted by molar-refractivity contribution is 0.297. The van der Waals surface area contributed by atoms with E-state index in [0.717, 1.165) is 16.7 Å². The fourth-order valence-electron chi connectivity index (χ4n) is 2.29. The van der Waals surface area contributed by atoms with Crippen molar-refractivity contribution in [2.75, 3.05) is 0 Å². The molecule has 0 aliphatic carbocycles. The molecule has 134 valence electrons. The van der Waals surface area contributed by atoms with E-state index in [0.29, 0.717) is 17.2 Å². The predicted octanol–water partition coefficient (Wildman–Crippen LogP) is 6.26. The molecule has 3 aromatic rings. The molecule has 0 heterocycles. The Kier molecular flexibility index (Phi) is 5.34. The van der Waals surface area contributed by atoms with E-state index in [1.54, 1.807) is 30.3 Å². The van der Waals surface area contributed by atoms with Gasteiger partial charge < -0.3 is 13.6 Å². The molecular weight excluding hydrogens is 347 g/mol. The Labute approximate surface area is 154 Å². The molecule has 0 atom stereocenters.